The number of benzene rings is 3. The maximum atomic E-state index is 2.33. The van der Waals surface area contributed by atoms with E-state index >= 15 is 0 Å². The molecule has 0 fully saturated rings. The van der Waals surface area contributed by atoms with Gasteiger partial charge in [0.05, 0.1) is 0 Å². The van der Waals surface area contributed by atoms with Crippen molar-refractivity contribution in [1.29, 1.82) is 0 Å². The Hall–Kier alpha value is -1.82. The zero-order valence-electron chi connectivity index (χ0n) is 14.8. The van der Waals surface area contributed by atoms with Crippen LogP contribution in [-0.4, -0.2) is 14.5 Å². The van der Waals surface area contributed by atoms with Gasteiger partial charge in [0.15, 0.2) is 0 Å². The Morgan fingerprint density at radius 2 is 1.32 bits per heavy atom. The fourth-order valence-electron chi connectivity index (χ4n) is 3.90. The predicted octanol–water partition coefficient (Wildman–Crippen LogP) is 6.84. The van der Waals surface area contributed by atoms with Gasteiger partial charge in [-0.3, -0.25) is 0 Å². The summed E-state index contributed by atoms with van der Waals surface area (Å²) in [6, 6.07) is 22.6. The number of hydrogen-bond acceptors (Lipinski definition) is 0. The SMILES string of the molecule is CCCCCCc1c2ccccc2c(-c2ccc[se]2)c2ccccc12. The molecule has 0 bridgehead atoms. The molecule has 0 aliphatic carbocycles. The van der Waals surface area contributed by atoms with Crippen LogP contribution in [0.3, 0.4) is 0 Å². The molecule has 3 aromatic carbocycles. The van der Waals surface area contributed by atoms with Gasteiger partial charge in [-0.15, -0.1) is 0 Å². The van der Waals surface area contributed by atoms with Crippen LogP contribution in [0.4, 0.5) is 0 Å². The molecule has 25 heavy (non-hydrogen) atoms. The summed E-state index contributed by atoms with van der Waals surface area (Å²) in [5.41, 5.74) is 3.01. The van der Waals surface area contributed by atoms with Gasteiger partial charge in [0.1, 0.15) is 0 Å². The van der Waals surface area contributed by atoms with Gasteiger partial charge < -0.3 is 0 Å². The average Bonchev–Trinajstić information content (AvgIpc) is 3.18. The fourth-order valence-corrected chi connectivity index (χ4v) is 5.58. The topological polar surface area (TPSA) is 0 Å². The molecule has 0 saturated carbocycles. The molecule has 126 valence electrons. The Balaban J connectivity index is 1.97. The van der Waals surface area contributed by atoms with Gasteiger partial charge in [0, 0.05) is 0 Å². The minimum absolute atomic E-state index is 0.453. The maximum absolute atomic E-state index is 2.33. The van der Waals surface area contributed by atoms with Gasteiger partial charge in [0.25, 0.3) is 0 Å². The summed E-state index contributed by atoms with van der Waals surface area (Å²) in [5, 5.41) is 5.78. The molecule has 0 saturated heterocycles. The van der Waals surface area contributed by atoms with E-state index in [2.05, 4.69) is 72.5 Å². The van der Waals surface area contributed by atoms with Gasteiger partial charge in [-0.2, -0.15) is 0 Å². The summed E-state index contributed by atoms with van der Waals surface area (Å²) in [6.45, 7) is 2.28. The van der Waals surface area contributed by atoms with Crippen LogP contribution in [0, 0.1) is 0 Å². The van der Waals surface area contributed by atoms with Crippen molar-refractivity contribution in [3.8, 4) is 10.0 Å². The zero-order chi connectivity index (χ0) is 17.1. The van der Waals surface area contributed by atoms with Crippen molar-refractivity contribution in [2.45, 2.75) is 39.0 Å². The van der Waals surface area contributed by atoms with Gasteiger partial charge >= 0.3 is 156 Å². The second-order valence-corrected chi connectivity index (χ2v) is 8.72. The molecule has 0 nitrogen and oxygen atoms in total. The number of rotatable bonds is 6. The molecule has 0 amide bonds. The normalized spacial score (nSPS) is 11.4. The molecule has 0 unspecified atom stereocenters. The molecule has 0 aliphatic rings. The average molecular weight is 391 g/mol. The minimum atomic E-state index is 0.453. The molecule has 4 rings (SSSR count). The summed E-state index contributed by atoms with van der Waals surface area (Å²) in [7, 11) is 0. The second-order valence-electron chi connectivity index (χ2n) is 6.73. The van der Waals surface area contributed by atoms with Crippen molar-refractivity contribution in [3.05, 3.63) is 71.2 Å². The van der Waals surface area contributed by atoms with Crippen LogP contribution < -0.4 is 0 Å². The first-order valence-electron chi connectivity index (χ1n) is 9.36. The summed E-state index contributed by atoms with van der Waals surface area (Å²) >= 11 is 0.453. The monoisotopic (exact) mass is 392 g/mol. The summed E-state index contributed by atoms with van der Waals surface area (Å²) < 4.78 is 1.51. The zero-order valence-corrected chi connectivity index (χ0v) is 16.5. The third-order valence-electron chi connectivity index (χ3n) is 5.09. The molecule has 0 N–H and O–H groups in total. The van der Waals surface area contributed by atoms with Gasteiger partial charge in [-0.25, -0.2) is 0 Å². The predicted molar refractivity (Wildman–Crippen MR) is 112 cm³/mol. The van der Waals surface area contributed by atoms with Crippen LogP contribution in [0.5, 0.6) is 0 Å². The van der Waals surface area contributed by atoms with E-state index < -0.39 is 0 Å². The Bertz CT molecular complexity index is 923. The van der Waals surface area contributed by atoms with E-state index in [1.807, 2.05) is 0 Å². The molecule has 1 heterocycles. The van der Waals surface area contributed by atoms with Gasteiger partial charge in [-0.1, -0.05) is 0 Å². The number of unbranched alkanes of at least 4 members (excludes halogenated alkanes) is 3. The Morgan fingerprint density at radius 1 is 0.680 bits per heavy atom. The summed E-state index contributed by atoms with van der Waals surface area (Å²) in [6.07, 6.45) is 6.44. The van der Waals surface area contributed by atoms with Crippen molar-refractivity contribution >= 4 is 36.0 Å². The van der Waals surface area contributed by atoms with Crippen molar-refractivity contribution in [1.82, 2.24) is 0 Å². The number of hydrogen-bond donors (Lipinski definition) is 0. The van der Waals surface area contributed by atoms with Crippen molar-refractivity contribution in [3.63, 3.8) is 0 Å². The number of fused-ring (bicyclic) bond motifs is 2. The van der Waals surface area contributed by atoms with Crippen LogP contribution in [0.2, 0.25) is 0 Å². The van der Waals surface area contributed by atoms with E-state index in [4.69, 9.17) is 0 Å². The third kappa shape index (κ3) is 3.19. The molecule has 1 aromatic heterocycles. The molecule has 0 aliphatic heterocycles. The van der Waals surface area contributed by atoms with Crippen molar-refractivity contribution < 1.29 is 0 Å². The molecule has 1 heteroatoms. The van der Waals surface area contributed by atoms with E-state index in [0.717, 1.165) is 0 Å². The molecular formula is C24H24Se. The second kappa shape index (κ2) is 7.60. The quantitative estimate of drug-likeness (QED) is 0.192. The van der Waals surface area contributed by atoms with Crippen molar-refractivity contribution in [2.24, 2.45) is 0 Å². The van der Waals surface area contributed by atoms with Crippen LogP contribution in [0.15, 0.2) is 65.6 Å². The number of aryl methyl sites for hydroxylation is 1. The Morgan fingerprint density at radius 3 is 1.88 bits per heavy atom. The van der Waals surface area contributed by atoms with E-state index in [0.29, 0.717) is 14.5 Å². The molecule has 0 spiro atoms. The van der Waals surface area contributed by atoms with Crippen LogP contribution >= 0.6 is 0 Å². The first kappa shape index (κ1) is 16.6. The van der Waals surface area contributed by atoms with E-state index in [1.165, 1.54) is 63.6 Å². The Labute approximate surface area is 156 Å². The van der Waals surface area contributed by atoms with Crippen LogP contribution in [0.25, 0.3) is 31.5 Å². The van der Waals surface area contributed by atoms with Crippen LogP contribution in [0.1, 0.15) is 38.2 Å². The standard InChI is InChI=1S/C24H24Se/c1-2-3-4-5-11-18-19-12-6-8-14-21(19)24(23-16-10-17-25-23)22-15-9-7-13-20(18)22/h6-10,12-17H,2-5,11H2,1H3. The molecule has 4 aromatic rings. The first-order valence-corrected chi connectivity index (χ1v) is 11.2. The molecular weight excluding hydrogens is 367 g/mol. The fraction of sp³-hybridized carbons (Fsp3) is 0.250. The summed E-state index contributed by atoms with van der Waals surface area (Å²) in [4.78, 5) is 2.32. The van der Waals surface area contributed by atoms with E-state index in [1.54, 1.807) is 5.56 Å². The third-order valence-corrected chi connectivity index (χ3v) is 6.95. The van der Waals surface area contributed by atoms with Gasteiger partial charge in [0.2, 0.25) is 0 Å². The molecule has 0 radical (unpaired) electrons. The van der Waals surface area contributed by atoms with Gasteiger partial charge in [-0.05, 0) is 0 Å². The Kier molecular flexibility index (Phi) is 5.06. The molecule has 0 atom stereocenters. The first-order chi connectivity index (χ1) is 12.4. The van der Waals surface area contributed by atoms with Crippen molar-refractivity contribution in [2.75, 3.05) is 0 Å². The van der Waals surface area contributed by atoms with Crippen LogP contribution in [-0.2, 0) is 6.42 Å². The summed E-state index contributed by atoms with van der Waals surface area (Å²) in [5.74, 6) is 0. The van der Waals surface area contributed by atoms with E-state index in [9.17, 15) is 0 Å². The van der Waals surface area contributed by atoms with E-state index in [-0.39, 0.29) is 0 Å².